The molecule has 1 fully saturated rings. The number of rotatable bonds is 2. The quantitative estimate of drug-likeness (QED) is 0.408. The van der Waals surface area contributed by atoms with Crippen molar-refractivity contribution in [3.63, 3.8) is 0 Å². The molecule has 1 heterocycles. The molecule has 1 saturated heterocycles. The second kappa shape index (κ2) is 6.95. The normalized spacial score (nSPS) is 27.0. The average molecular weight is 491 g/mol. The summed E-state index contributed by atoms with van der Waals surface area (Å²) < 4.78 is 6.74. The van der Waals surface area contributed by atoms with Gasteiger partial charge in [0.15, 0.2) is 0 Å². The molecule has 3 rings (SSSR count). The Morgan fingerprint density at radius 3 is 1.27 bits per heavy atom. The van der Waals surface area contributed by atoms with Crippen molar-refractivity contribution < 1.29 is 45.1 Å². The van der Waals surface area contributed by atoms with E-state index >= 15 is 0 Å². The third-order valence-corrected chi connectivity index (χ3v) is 7.95. The monoisotopic (exact) mass is 492 g/mol. The van der Waals surface area contributed by atoms with Gasteiger partial charge >= 0.3 is 0 Å². The fourth-order valence-electron chi connectivity index (χ4n) is 5.96. The zero-order valence-corrected chi connectivity index (χ0v) is 21.1. The van der Waals surface area contributed by atoms with Crippen LogP contribution >= 0.6 is 0 Å². The molecule has 0 N–H and O–H groups in total. The van der Waals surface area contributed by atoms with Gasteiger partial charge in [-0.3, -0.25) is 0 Å². The van der Waals surface area contributed by atoms with E-state index in [1.54, 1.807) is 0 Å². The maximum absolute atomic E-state index is 6.74. The molecule has 0 aromatic carbocycles. The first-order valence-electron chi connectivity index (χ1n) is 9.85. The molecule has 3 aliphatic rings. The van der Waals surface area contributed by atoms with Gasteiger partial charge in [-0.25, -0.2) is 0 Å². The summed E-state index contributed by atoms with van der Waals surface area (Å²) >= 11 is 0. The van der Waals surface area contributed by atoms with Crippen molar-refractivity contribution in [2.45, 2.75) is 87.7 Å². The van der Waals surface area contributed by atoms with Gasteiger partial charge in [0.25, 0.3) is 0 Å². The average Bonchev–Trinajstić information content (AvgIpc) is 3.09. The predicted octanol–water partition coefficient (Wildman–Crippen LogP) is 6.92. The Bertz CT molecular complexity index is 702. The van der Waals surface area contributed by atoms with Crippen LogP contribution in [0, 0.1) is 51.2 Å². The van der Waals surface area contributed by atoms with Crippen LogP contribution in [0.4, 0.5) is 0 Å². The van der Waals surface area contributed by atoms with Gasteiger partial charge in [-0.15, -0.1) is 0 Å². The van der Waals surface area contributed by atoms with Gasteiger partial charge < -0.3 is 4.74 Å². The van der Waals surface area contributed by atoms with E-state index in [9.17, 15) is 0 Å². The maximum Gasteiger partial charge on any atom is 0.113 e. The molecule has 0 spiro atoms. The van der Waals surface area contributed by atoms with Gasteiger partial charge in [0.2, 0.25) is 0 Å². The molecule has 0 aromatic heterocycles. The third kappa shape index (κ3) is 2.74. The SMILES string of the molecule is CC1=C(C)C(C)(C)C(C2(C3=C(C)C(C)=C(C)C3(C)C)CCCO2)=C1C.[Sm]. The molecule has 1 nitrogen and oxygen atoms in total. The molecule has 26 heavy (non-hydrogen) atoms. The van der Waals surface area contributed by atoms with E-state index in [0.29, 0.717) is 0 Å². The van der Waals surface area contributed by atoms with Crippen LogP contribution < -0.4 is 0 Å². The largest absolute Gasteiger partial charge is 0.366 e. The molecule has 2 aliphatic carbocycles. The van der Waals surface area contributed by atoms with E-state index in [4.69, 9.17) is 4.74 Å². The Morgan fingerprint density at radius 2 is 1.04 bits per heavy atom. The van der Waals surface area contributed by atoms with E-state index in [-0.39, 0.29) is 56.8 Å². The molecule has 2 heteroatoms. The smallest absolute Gasteiger partial charge is 0.113 e. The van der Waals surface area contributed by atoms with Crippen LogP contribution in [0.25, 0.3) is 0 Å². The fraction of sp³-hybridized carbons (Fsp3) is 0.667. The second-order valence-corrected chi connectivity index (χ2v) is 9.53. The molecular weight excluding hydrogens is 455 g/mol. The van der Waals surface area contributed by atoms with Crippen molar-refractivity contribution in [2.24, 2.45) is 10.8 Å². The Kier molecular flexibility index (Phi) is 6.02. The summed E-state index contributed by atoms with van der Waals surface area (Å²) in [5.74, 6) is 0. The number of hydrogen-bond acceptors (Lipinski definition) is 1. The fourth-order valence-corrected chi connectivity index (χ4v) is 5.96. The Morgan fingerprint density at radius 1 is 0.654 bits per heavy atom. The summed E-state index contributed by atoms with van der Waals surface area (Å²) in [6.07, 6.45) is 2.26. The van der Waals surface area contributed by atoms with Crippen LogP contribution in [-0.2, 0) is 4.74 Å². The minimum atomic E-state index is -0.237. The van der Waals surface area contributed by atoms with Crippen LogP contribution in [-0.4, -0.2) is 12.2 Å². The predicted molar refractivity (Wildman–Crippen MR) is 108 cm³/mol. The zero-order valence-electron chi connectivity index (χ0n) is 18.4. The summed E-state index contributed by atoms with van der Waals surface area (Å²) in [6.45, 7) is 24.3. The molecule has 0 radical (unpaired) electrons. The topological polar surface area (TPSA) is 9.23 Å². The van der Waals surface area contributed by atoms with Crippen molar-refractivity contribution in [3.05, 3.63) is 44.6 Å². The van der Waals surface area contributed by atoms with Gasteiger partial charge in [0, 0.05) is 57.8 Å². The Balaban J connectivity index is 0.00000243. The standard InChI is InChI=1S/C24H36O.Sm/c1-14-16(3)20(22(7,8)18(14)5)24(12-11-13-25-24)21-17(4)15(2)19(6)23(21,9)10;/h11-13H2,1-10H3;. The summed E-state index contributed by atoms with van der Waals surface area (Å²) in [5, 5.41) is 0. The summed E-state index contributed by atoms with van der Waals surface area (Å²) in [7, 11) is 0. The van der Waals surface area contributed by atoms with Crippen LogP contribution in [0.5, 0.6) is 0 Å². The van der Waals surface area contributed by atoms with E-state index < -0.39 is 0 Å². The van der Waals surface area contributed by atoms with Crippen molar-refractivity contribution in [1.29, 1.82) is 0 Å². The van der Waals surface area contributed by atoms with Crippen LogP contribution in [0.15, 0.2) is 44.6 Å². The molecule has 0 amide bonds. The first-order valence-corrected chi connectivity index (χ1v) is 9.85. The van der Waals surface area contributed by atoms with E-state index in [2.05, 4.69) is 69.2 Å². The Hall–Kier alpha value is 0.258. The van der Waals surface area contributed by atoms with Crippen molar-refractivity contribution in [1.82, 2.24) is 0 Å². The molecule has 144 valence electrons. The molecule has 0 saturated carbocycles. The number of hydrogen-bond donors (Lipinski definition) is 0. The summed E-state index contributed by atoms with van der Waals surface area (Å²) in [5.41, 5.74) is 11.8. The summed E-state index contributed by atoms with van der Waals surface area (Å²) in [4.78, 5) is 0. The first kappa shape index (κ1) is 22.5. The molecule has 0 atom stereocenters. The van der Waals surface area contributed by atoms with Crippen molar-refractivity contribution in [2.75, 3.05) is 6.61 Å². The Labute approximate surface area is 193 Å². The molecule has 0 bridgehead atoms. The van der Waals surface area contributed by atoms with Crippen LogP contribution in [0.3, 0.4) is 0 Å². The number of ether oxygens (including phenoxy) is 1. The zero-order chi connectivity index (χ0) is 18.9. The van der Waals surface area contributed by atoms with E-state index in [0.717, 1.165) is 19.4 Å². The third-order valence-electron chi connectivity index (χ3n) is 7.95. The van der Waals surface area contributed by atoms with Gasteiger partial charge in [-0.1, -0.05) is 38.8 Å². The van der Waals surface area contributed by atoms with E-state index in [1.807, 2.05) is 0 Å². The molecule has 0 unspecified atom stereocenters. The van der Waals surface area contributed by atoms with Crippen LogP contribution in [0.1, 0.15) is 82.1 Å². The van der Waals surface area contributed by atoms with Gasteiger partial charge in [0.1, 0.15) is 5.60 Å². The van der Waals surface area contributed by atoms with Gasteiger partial charge in [-0.05, 0) is 87.8 Å². The summed E-state index contributed by atoms with van der Waals surface area (Å²) in [6, 6.07) is 0. The first-order chi connectivity index (χ1) is 11.4. The van der Waals surface area contributed by atoms with Gasteiger partial charge in [0.05, 0.1) is 0 Å². The second-order valence-electron chi connectivity index (χ2n) is 9.53. The maximum atomic E-state index is 6.74. The number of allylic oxidation sites excluding steroid dienone is 6. The van der Waals surface area contributed by atoms with Crippen LogP contribution in [0.2, 0.25) is 0 Å². The minimum absolute atomic E-state index is 0. The molecule has 0 aromatic rings. The molecular formula is C24H36OSm. The minimum Gasteiger partial charge on any atom is -0.366 e. The van der Waals surface area contributed by atoms with Crippen molar-refractivity contribution in [3.8, 4) is 0 Å². The van der Waals surface area contributed by atoms with Gasteiger partial charge in [-0.2, -0.15) is 0 Å². The van der Waals surface area contributed by atoms with E-state index in [1.165, 1.54) is 44.6 Å². The van der Waals surface area contributed by atoms with Crippen molar-refractivity contribution >= 4 is 0 Å². The molecule has 1 aliphatic heterocycles.